The molecule has 1 fully saturated rings. The molecule has 9 heteroatoms. The molecule has 0 amide bonds. The zero-order valence-corrected chi connectivity index (χ0v) is 13.6. The van der Waals surface area contributed by atoms with Crippen molar-refractivity contribution in [2.75, 3.05) is 6.61 Å². The standard InChI is InChI=1S/C16H17F3N4O2/c1-2-25-15(24)13-21-14(10-6-3-4-7-10)23(22-13)11-8-5-9-20-12(11)16(17,18)19/h5,8-10H,2-4,6-7H2,1H3. The fraction of sp³-hybridized carbons (Fsp3) is 0.500. The molecule has 134 valence electrons. The van der Waals surface area contributed by atoms with E-state index in [1.165, 1.54) is 12.1 Å². The number of carbonyl (C=O) groups is 1. The van der Waals surface area contributed by atoms with Gasteiger partial charge in [0.15, 0.2) is 5.69 Å². The van der Waals surface area contributed by atoms with Gasteiger partial charge < -0.3 is 4.74 Å². The van der Waals surface area contributed by atoms with Crippen molar-refractivity contribution in [3.8, 4) is 5.69 Å². The molecule has 3 rings (SSSR count). The highest BCUT2D eigenvalue weighted by atomic mass is 19.4. The van der Waals surface area contributed by atoms with E-state index in [0.717, 1.165) is 36.6 Å². The number of nitrogens with zero attached hydrogens (tertiary/aromatic N) is 4. The zero-order valence-electron chi connectivity index (χ0n) is 13.6. The Morgan fingerprint density at radius 2 is 2.08 bits per heavy atom. The van der Waals surface area contributed by atoms with Crippen LogP contribution in [0.3, 0.4) is 0 Å². The minimum atomic E-state index is -4.64. The van der Waals surface area contributed by atoms with Crippen LogP contribution in [0.15, 0.2) is 18.3 Å². The molecule has 6 nitrogen and oxygen atoms in total. The van der Waals surface area contributed by atoms with Crippen LogP contribution in [0.2, 0.25) is 0 Å². The highest BCUT2D eigenvalue weighted by molar-refractivity contribution is 5.85. The summed E-state index contributed by atoms with van der Waals surface area (Å²) in [6, 6.07) is 2.67. The molecule has 0 aromatic carbocycles. The number of alkyl halides is 3. The summed E-state index contributed by atoms with van der Waals surface area (Å²) in [5, 5.41) is 4.01. The summed E-state index contributed by atoms with van der Waals surface area (Å²) in [7, 11) is 0. The summed E-state index contributed by atoms with van der Waals surface area (Å²) in [6.07, 6.45) is -0.0493. The van der Waals surface area contributed by atoms with Crippen molar-refractivity contribution in [3.05, 3.63) is 35.7 Å². The van der Waals surface area contributed by atoms with Crippen molar-refractivity contribution < 1.29 is 22.7 Å². The molecule has 0 N–H and O–H groups in total. The molecule has 2 aromatic rings. The number of hydrogen-bond acceptors (Lipinski definition) is 5. The van der Waals surface area contributed by atoms with Gasteiger partial charge in [-0.25, -0.2) is 19.4 Å². The van der Waals surface area contributed by atoms with Crippen molar-refractivity contribution in [1.82, 2.24) is 19.7 Å². The van der Waals surface area contributed by atoms with E-state index in [1.807, 2.05) is 0 Å². The van der Waals surface area contributed by atoms with Gasteiger partial charge in [0.25, 0.3) is 5.82 Å². The maximum Gasteiger partial charge on any atom is 0.435 e. The van der Waals surface area contributed by atoms with Gasteiger partial charge in [-0.1, -0.05) is 12.8 Å². The number of rotatable bonds is 4. The predicted octanol–water partition coefficient (Wildman–Crippen LogP) is 3.52. The Bertz CT molecular complexity index is 767. The Labute approximate surface area is 142 Å². The topological polar surface area (TPSA) is 69.9 Å². The summed E-state index contributed by atoms with van der Waals surface area (Å²) in [5.74, 6) is -0.685. The molecular formula is C16H17F3N4O2. The molecule has 0 radical (unpaired) electrons. The largest absolute Gasteiger partial charge is 0.460 e. The summed E-state index contributed by atoms with van der Waals surface area (Å²) in [5.41, 5.74) is -1.30. The molecule has 2 heterocycles. The monoisotopic (exact) mass is 354 g/mol. The van der Waals surface area contributed by atoms with Crippen molar-refractivity contribution in [2.45, 2.75) is 44.7 Å². The van der Waals surface area contributed by atoms with Crippen LogP contribution in [0.1, 0.15) is 60.7 Å². The molecule has 1 aliphatic carbocycles. The third kappa shape index (κ3) is 3.49. The third-order valence-electron chi connectivity index (χ3n) is 4.09. The quantitative estimate of drug-likeness (QED) is 0.786. The van der Waals surface area contributed by atoms with Gasteiger partial charge >= 0.3 is 12.1 Å². The lowest BCUT2D eigenvalue weighted by Crippen LogP contribution is -2.16. The second-order valence-corrected chi connectivity index (χ2v) is 5.78. The highest BCUT2D eigenvalue weighted by Crippen LogP contribution is 2.37. The number of ether oxygens (including phenoxy) is 1. The van der Waals surface area contributed by atoms with Gasteiger partial charge in [-0.05, 0) is 31.9 Å². The number of halogens is 3. The average Bonchev–Trinajstić information content (AvgIpc) is 3.23. The zero-order chi connectivity index (χ0) is 18.0. The first kappa shape index (κ1) is 17.4. The predicted molar refractivity (Wildman–Crippen MR) is 81.3 cm³/mol. The first-order chi connectivity index (χ1) is 11.9. The van der Waals surface area contributed by atoms with E-state index in [0.29, 0.717) is 5.82 Å². The Morgan fingerprint density at radius 3 is 2.72 bits per heavy atom. The lowest BCUT2D eigenvalue weighted by atomic mass is 10.1. The minimum Gasteiger partial charge on any atom is -0.460 e. The van der Waals surface area contributed by atoms with Crippen LogP contribution < -0.4 is 0 Å². The second kappa shape index (κ2) is 6.81. The van der Waals surface area contributed by atoms with Gasteiger partial charge in [-0.15, -0.1) is 5.10 Å². The van der Waals surface area contributed by atoms with Crippen LogP contribution in [0.5, 0.6) is 0 Å². The SMILES string of the molecule is CCOC(=O)c1nc(C2CCCC2)n(-c2cccnc2C(F)(F)F)n1. The van der Waals surface area contributed by atoms with E-state index < -0.39 is 17.8 Å². The Balaban J connectivity index is 2.13. The molecule has 1 aliphatic rings. The Hall–Kier alpha value is -2.45. The molecule has 0 atom stereocenters. The second-order valence-electron chi connectivity index (χ2n) is 5.78. The molecular weight excluding hydrogens is 337 g/mol. The lowest BCUT2D eigenvalue weighted by molar-refractivity contribution is -0.141. The summed E-state index contributed by atoms with van der Waals surface area (Å²) >= 11 is 0. The van der Waals surface area contributed by atoms with Gasteiger partial charge in [-0.2, -0.15) is 13.2 Å². The highest BCUT2D eigenvalue weighted by Gasteiger charge is 2.37. The minimum absolute atomic E-state index is 0.0445. The Morgan fingerprint density at radius 1 is 1.36 bits per heavy atom. The molecule has 0 bridgehead atoms. The average molecular weight is 354 g/mol. The molecule has 0 spiro atoms. The van der Waals surface area contributed by atoms with Gasteiger partial charge in [0.05, 0.1) is 12.3 Å². The molecule has 0 unspecified atom stereocenters. The first-order valence-corrected chi connectivity index (χ1v) is 8.08. The number of pyridine rings is 1. The number of esters is 1. The van der Waals surface area contributed by atoms with Crippen molar-refractivity contribution >= 4 is 5.97 Å². The fourth-order valence-corrected chi connectivity index (χ4v) is 3.02. The number of carbonyl (C=O) groups excluding carboxylic acids is 1. The van der Waals surface area contributed by atoms with Crippen LogP contribution in [0.25, 0.3) is 5.69 Å². The maximum atomic E-state index is 13.3. The van der Waals surface area contributed by atoms with Gasteiger partial charge in [0.2, 0.25) is 0 Å². The van der Waals surface area contributed by atoms with E-state index in [4.69, 9.17) is 4.74 Å². The molecule has 2 aromatic heterocycles. The van der Waals surface area contributed by atoms with E-state index >= 15 is 0 Å². The Kier molecular flexibility index (Phi) is 4.73. The lowest BCUT2D eigenvalue weighted by Gasteiger charge is -2.15. The molecule has 25 heavy (non-hydrogen) atoms. The van der Waals surface area contributed by atoms with Crippen LogP contribution in [0, 0.1) is 0 Å². The first-order valence-electron chi connectivity index (χ1n) is 8.08. The van der Waals surface area contributed by atoms with E-state index in [-0.39, 0.29) is 24.0 Å². The van der Waals surface area contributed by atoms with E-state index in [2.05, 4.69) is 15.1 Å². The summed E-state index contributed by atoms with van der Waals surface area (Å²) in [6.45, 7) is 1.77. The molecule has 0 saturated heterocycles. The van der Waals surface area contributed by atoms with Gasteiger partial charge in [0.1, 0.15) is 5.82 Å². The van der Waals surface area contributed by atoms with Crippen LogP contribution in [-0.4, -0.2) is 32.3 Å². The van der Waals surface area contributed by atoms with E-state index in [9.17, 15) is 18.0 Å². The maximum absolute atomic E-state index is 13.3. The molecule has 0 aliphatic heterocycles. The van der Waals surface area contributed by atoms with Crippen molar-refractivity contribution in [1.29, 1.82) is 0 Å². The van der Waals surface area contributed by atoms with Crippen LogP contribution >= 0.6 is 0 Å². The van der Waals surface area contributed by atoms with Crippen LogP contribution in [0.4, 0.5) is 13.2 Å². The van der Waals surface area contributed by atoms with Crippen molar-refractivity contribution in [2.24, 2.45) is 0 Å². The summed E-state index contributed by atoms with van der Waals surface area (Å²) < 4.78 is 45.9. The fourth-order valence-electron chi connectivity index (χ4n) is 3.02. The normalized spacial score (nSPS) is 15.5. The smallest absolute Gasteiger partial charge is 0.435 e. The van der Waals surface area contributed by atoms with E-state index in [1.54, 1.807) is 6.92 Å². The van der Waals surface area contributed by atoms with Gasteiger partial charge in [0, 0.05) is 12.1 Å². The van der Waals surface area contributed by atoms with Crippen LogP contribution in [-0.2, 0) is 10.9 Å². The third-order valence-corrected chi connectivity index (χ3v) is 4.09. The summed E-state index contributed by atoms with van der Waals surface area (Å²) in [4.78, 5) is 19.6. The number of aromatic nitrogens is 4. The number of hydrogen-bond donors (Lipinski definition) is 0. The molecule has 1 saturated carbocycles. The van der Waals surface area contributed by atoms with Gasteiger partial charge in [-0.3, -0.25) is 0 Å². The van der Waals surface area contributed by atoms with Crippen molar-refractivity contribution in [3.63, 3.8) is 0 Å².